The van der Waals surface area contributed by atoms with Crippen LogP contribution in [-0.4, -0.2) is 24.9 Å². The summed E-state index contributed by atoms with van der Waals surface area (Å²) >= 11 is 5.98. The molecule has 0 aliphatic rings. The number of ether oxygens (including phenoxy) is 2. The topological polar surface area (TPSA) is 38.7 Å². The van der Waals surface area contributed by atoms with E-state index in [1.54, 1.807) is 25.3 Å². The number of halogens is 1. The monoisotopic (exact) mass is 230 g/mol. The highest BCUT2D eigenvalue weighted by Gasteiger charge is 2.07. The minimum Gasteiger partial charge on any atom is -0.487 e. The highest BCUT2D eigenvalue weighted by Crippen LogP contribution is 2.26. The molecule has 0 saturated heterocycles. The summed E-state index contributed by atoms with van der Waals surface area (Å²) in [5.41, 5.74) is 0.770. The van der Waals surface area contributed by atoms with E-state index in [0.717, 1.165) is 5.56 Å². The molecule has 0 radical (unpaired) electrons. The van der Waals surface area contributed by atoms with Crippen molar-refractivity contribution in [2.24, 2.45) is 0 Å². The number of aliphatic hydroxyl groups excluding tert-OH is 1. The zero-order valence-electron chi connectivity index (χ0n) is 8.87. The zero-order chi connectivity index (χ0) is 11.3. The second kappa shape index (κ2) is 5.95. The smallest absolute Gasteiger partial charge is 0.138 e. The molecule has 0 aliphatic carbocycles. The van der Waals surface area contributed by atoms with Crippen LogP contribution >= 0.6 is 11.6 Å². The van der Waals surface area contributed by atoms with Crippen LogP contribution in [0.1, 0.15) is 12.5 Å². The van der Waals surface area contributed by atoms with Crippen LogP contribution in [0, 0.1) is 0 Å². The number of benzene rings is 1. The van der Waals surface area contributed by atoms with Gasteiger partial charge in [0, 0.05) is 7.11 Å². The van der Waals surface area contributed by atoms with Gasteiger partial charge in [-0.15, -0.1) is 0 Å². The summed E-state index contributed by atoms with van der Waals surface area (Å²) in [4.78, 5) is 0. The van der Waals surface area contributed by atoms with Gasteiger partial charge in [0.25, 0.3) is 0 Å². The summed E-state index contributed by atoms with van der Waals surface area (Å²) in [7, 11) is 1.62. The SMILES string of the molecule is COCC(C)Oc1ccc(CO)cc1Cl. The van der Waals surface area contributed by atoms with Gasteiger partial charge in [-0.25, -0.2) is 0 Å². The normalized spacial score (nSPS) is 12.5. The van der Waals surface area contributed by atoms with Crippen molar-refractivity contribution in [3.05, 3.63) is 28.8 Å². The van der Waals surface area contributed by atoms with Crippen LogP contribution in [0.3, 0.4) is 0 Å². The lowest BCUT2D eigenvalue weighted by Gasteiger charge is -2.15. The second-order valence-corrected chi connectivity index (χ2v) is 3.71. The molecule has 1 atom stereocenters. The number of hydrogen-bond donors (Lipinski definition) is 1. The Balaban J connectivity index is 2.69. The van der Waals surface area contributed by atoms with Gasteiger partial charge in [0.05, 0.1) is 18.2 Å². The average molecular weight is 231 g/mol. The van der Waals surface area contributed by atoms with E-state index in [-0.39, 0.29) is 12.7 Å². The van der Waals surface area contributed by atoms with E-state index in [1.165, 1.54) is 0 Å². The summed E-state index contributed by atoms with van der Waals surface area (Å²) < 4.78 is 10.5. The van der Waals surface area contributed by atoms with Crippen molar-refractivity contribution >= 4 is 11.6 Å². The molecule has 0 bridgehead atoms. The molecule has 0 heterocycles. The van der Waals surface area contributed by atoms with Gasteiger partial charge < -0.3 is 14.6 Å². The summed E-state index contributed by atoms with van der Waals surface area (Å²) in [6.45, 7) is 2.39. The highest BCUT2D eigenvalue weighted by molar-refractivity contribution is 6.32. The Kier molecular flexibility index (Phi) is 4.88. The van der Waals surface area contributed by atoms with Crippen molar-refractivity contribution in [1.82, 2.24) is 0 Å². The van der Waals surface area contributed by atoms with Crippen molar-refractivity contribution in [2.45, 2.75) is 19.6 Å². The van der Waals surface area contributed by atoms with Crippen LogP contribution in [0.25, 0.3) is 0 Å². The molecule has 1 N–H and O–H groups in total. The van der Waals surface area contributed by atoms with Gasteiger partial charge in [0.15, 0.2) is 0 Å². The van der Waals surface area contributed by atoms with Crippen LogP contribution < -0.4 is 4.74 Å². The van der Waals surface area contributed by atoms with Gasteiger partial charge >= 0.3 is 0 Å². The lowest BCUT2D eigenvalue weighted by Crippen LogP contribution is -2.18. The first kappa shape index (κ1) is 12.3. The van der Waals surface area contributed by atoms with Crippen LogP contribution in [0.2, 0.25) is 5.02 Å². The third-order valence-corrected chi connectivity index (χ3v) is 2.20. The second-order valence-electron chi connectivity index (χ2n) is 3.31. The van der Waals surface area contributed by atoms with Gasteiger partial charge in [-0.1, -0.05) is 17.7 Å². The predicted molar refractivity (Wildman–Crippen MR) is 59.3 cm³/mol. The van der Waals surface area contributed by atoms with Crippen LogP contribution in [0.4, 0.5) is 0 Å². The van der Waals surface area contributed by atoms with E-state index in [4.69, 9.17) is 26.2 Å². The van der Waals surface area contributed by atoms with Crippen LogP contribution in [0.5, 0.6) is 5.75 Å². The van der Waals surface area contributed by atoms with Gasteiger partial charge in [0.2, 0.25) is 0 Å². The largest absolute Gasteiger partial charge is 0.487 e. The molecule has 0 aliphatic heterocycles. The molecule has 1 rings (SSSR count). The van der Waals surface area contributed by atoms with Gasteiger partial charge in [-0.05, 0) is 24.6 Å². The molecule has 1 aromatic rings. The van der Waals surface area contributed by atoms with E-state index in [1.807, 2.05) is 6.92 Å². The van der Waals surface area contributed by atoms with Crippen molar-refractivity contribution in [3.63, 3.8) is 0 Å². The third-order valence-electron chi connectivity index (χ3n) is 1.91. The number of aliphatic hydroxyl groups is 1. The minimum absolute atomic E-state index is 0.0202. The maximum Gasteiger partial charge on any atom is 0.138 e. The fourth-order valence-corrected chi connectivity index (χ4v) is 1.47. The Labute approximate surface area is 94.6 Å². The number of methoxy groups -OCH3 is 1. The van der Waals surface area contributed by atoms with E-state index < -0.39 is 0 Å². The molecule has 1 unspecified atom stereocenters. The van der Waals surface area contributed by atoms with Crippen LogP contribution in [0.15, 0.2) is 18.2 Å². The summed E-state index contributed by atoms with van der Waals surface area (Å²) in [5.74, 6) is 0.610. The lowest BCUT2D eigenvalue weighted by molar-refractivity contribution is 0.0921. The molecule has 0 amide bonds. The fraction of sp³-hybridized carbons (Fsp3) is 0.455. The van der Waals surface area contributed by atoms with Crippen LogP contribution in [-0.2, 0) is 11.3 Å². The number of rotatable bonds is 5. The molecule has 0 fully saturated rings. The Morgan fingerprint density at radius 3 is 2.73 bits per heavy atom. The van der Waals surface area contributed by atoms with Crippen molar-refractivity contribution in [2.75, 3.05) is 13.7 Å². The predicted octanol–water partition coefficient (Wildman–Crippen LogP) is 2.25. The Morgan fingerprint density at radius 1 is 1.47 bits per heavy atom. The Morgan fingerprint density at radius 2 is 2.20 bits per heavy atom. The molecule has 1 aromatic carbocycles. The number of hydrogen-bond acceptors (Lipinski definition) is 3. The quantitative estimate of drug-likeness (QED) is 0.843. The van der Waals surface area contributed by atoms with Gasteiger partial charge in [0.1, 0.15) is 11.9 Å². The minimum atomic E-state index is -0.0486. The summed E-state index contributed by atoms with van der Waals surface area (Å²) in [6.07, 6.45) is -0.0486. The molecule has 0 aromatic heterocycles. The van der Waals surface area contributed by atoms with Crippen molar-refractivity contribution in [3.8, 4) is 5.75 Å². The molecular formula is C11H15ClO3. The maximum absolute atomic E-state index is 8.90. The van der Waals surface area contributed by atoms with Gasteiger partial charge in [-0.3, -0.25) is 0 Å². The Bertz CT molecular complexity index is 315. The molecule has 0 spiro atoms. The third kappa shape index (κ3) is 3.70. The first-order valence-electron chi connectivity index (χ1n) is 4.72. The molecule has 84 valence electrons. The summed E-state index contributed by atoms with van der Waals surface area (Å²) in [6, 6.07) is 5.22. The van der Waals surface area contributed by atoms with E-state index >= 15 is 0 Å². The average Bonchev–Trinajstić information content (AvgIpc) is 2.21. The van der Waals surface area contributed by atoms with E-state index in [0.29, 0.717) is 17.4 Å². The van der Waals surface area contributed by atoms with Crippen molar-refractivity contribution < 1.29 is 14.6 Å². The van der Waals surface area contributed by atoms with E-state index in [2.05, 4.69) is 0 Å². The standard InChI is InChI=1S/C11H15ClO3/c1-8(7-14-2)15-11-4-3-9(6-13)5-10(11)12/h3-5,8,13H,6-7H2,1-2H3. The Hall–Kier alpha value is -0.770. The molecule has 15 heavy (non-hydrogen) atoms. The molecule has 4 heteroatoms. The fourth-order valence-electron chi connectivity index (χ4n) is 1.22. The maximum atomic E-state index is 8.90. The lowest BCUT2D eigenvalue weighted by atomic mass is 10.2. The summed E-state index contributed by atoms with van der Waals surface area (Å²) in [5, 5.41) is 9.40. The molecular weight excluding hydrogens is 216 g/mol. The van der Waals surface area contributed by atoms with Gasteiger partial charge in [-0.2, -0.15) is 0 Å². The first-order valence-corrected chi connectivity index (χ1v) is 5.10. The molecule has 3 nitrogen and oxygen atoms in total. The van der Waals surface area contributed by atoms with E-state index in [9.17, 15) is 0 Å². The van der Waals surface area contributed by atoms with Crippen molar-refractivity contribution in [1.29, 1.82) is 0 Å². The zero-order valence-corrected chi connectivity index (χ0v) is 9.62. The molecule has 0 saturated carbocycles. The first-order chi connectivity index (χ1) is 7.17. The highest BCUT2D eigenvalue weighted by atomic mass is 35.5.